The summed E-state index contributed by atoms with van der Waals surface area (Å²) in [6.45, 7) is 2.21. The maximum absolute atomic E-state index is 11.3. The lowest BCUT2D eigenvalue weighted by Gasteiger charge is -2.05. The number of aromatic nitrogens is 1. The van der Waals surface area contributed by atoms with E-state index in [4.69, 9.17) is 0 Å². The average Bonchev–Trinajstić information content (AvgIpc) is 2.97. The summed E-state index contributed by atoms with van der Waals surface area (Å²) in [5.41, 5.74) is 1.21. The van der Waals surface area contributed by atoms with Crippen molar-refractivity contribution < 1.29 is 9.90 Å². The average molecular weight is 322 g/mol. The fourth-order valence-corrected chi connectivity index (χ4v) is 2.65. The van der Waals surface area contributed by atoms with E-state index in [1.807, 2.05) is 22.8 Å². The highest BCUT2D eigenvalue weighted by molar-refractivity contribution is 9.10. The molecule has 0 aliphatic carbocycles. The van der Waals surface area contributed by atoms with Gasteiger partial charge < -0.3 is 15.0 Å². The molecule has 2 aromatic rings. The molecule has 6 heteroatoms. The van der Waals surface area contributed by atoms with Crippen LogP contribution in [0.2, 0.25) is 0 Å². The van der Waals surface area contributed by atoms with Gasteiger partial charge in [0.2, 0.25) is 0 Å². The van der Waals surface area contributed by atoms with Crippen LogP contribution in [-0.2, 0) is 6.54 Å². The van der Waals surface area contributed by atoms with Crippen molar-refractivity contribution in [3.63, 3.8) is 0 Å². The van der Waals surface area contributed by atoms with Gasteiger partial charge in [-0.25, -0.2) is 4.79 Å². The number of aromatic carboxylic acids is 1. The number of carboxylic acid groups (broad SMARTS) is 1. The van der Waals surface area contributed by atoms with Gasteiger partial charge in [0.15, 0.2) is 0 Å². The topological polar surface area (TPSA) is 66.6 Å². The molecule has 0 amide bonds. The van der Waals surface area contributed by atoms with Crippen molar-refractivity contribution in [2.75, 3.05) is 13.1 Å². The molecular weight excluding hydrogens is 310 g/mol. The molecule has 98 valence electrons. The second kappa shape index (κ2) is 4.70. The number of halogens is 1. The fraction of sp³-hybridized carbons (Fsp3) is 0.231. The predicted octanol–water partition coefficient (Wildman–Crippen LogP) is 2.10. The van der Waals surface area contributed by atoms with Gasteiger partial charge in [-0.1, -0.05) is 15.9 Å². The molecule has 19 heavy (non-hydrogen) atoms. The van der Waals surface area contributed by atoms with Crippen LogP contribution in [-0.4, -0.2) is 34.6 Å². The lowest BCUT2D eigenvalue weighted by molar-refractivity contribution is 0.0699. The molecule has 2 heterocycles. The minimum absolute atomic E-state index is 0.315. The summed E-state index contributed by atoms with van der Waals surface area (Å²) in [6.07, 6.45) is 1.67. The Kier molecular flexibility index (Phi) is 3.02. The maximum atomic E-state index is 11.3. The third-order valence-electron chi connectivity index (χ3n) is 3.14. The first kappa shape index (κ1) is 12.2. The van der Waals surface area contributed by atoms with E-state index in [0.717, 1.165) is 34.3 Å². The number of fused-ring (bicyclic) bond motifs is 1. The Bertz CT molecular complexity index is 690. The van der Waals surface area contributed by atoms with E-state index >= 15 is 0 Å². The molecule has 1 aliphatic heterocycles. The number of hydrogen-bond acceptors (Lipinski definition) is 3. The normalized spacial score (nSPS) is 14.5. The number of aliphatic imine (C=N–C) groups is 1. The summed E-state index contributed by atoms with van der Waals surface area (Å²) in [7, 11) is 0. The monoisotopic (exact) mass is 321 g/mol. The summed E-state index contributed by atoms with van der Waals surface area (Å²) in [6, 6.07) is 5.66. The first-order valence-electron chi connectivity index (χ1n) is 5.94. The second-order valence-corrected chi connectivity index (χ2v) is 5.31. The first-order chi connectivity index (χ1) is 9.15. The number of carboxylic acids is 1. The van der Waals surface area contributed by atoms with Crippen molar-refractivity contribution in [2.24, 2.45) is 4.99 Å². The number of hydrogen-bond donors (Lipinski definition) is 2. The standard InChI is InChI=1S/C13H12BrN3O2/c14-8-1-2-11-9(5-8)10(13(18)19)6-17(11)7-12-15-3-4-16-12/h1-2,5-6H,3-4,7H2,(H,15,16)(H,18,19). The van der Waals surface area contributed by atoms with Gasteiger partial charge in [0.05, 0.1) is 18.7 Å². The SMILES string of the molecule is O=C(O)c1cn(CC2=NCCN2)c2ccc(Br)cc12. The van der Waals surface area contributed by atoms with Crippen LogP contribution in [0.4, 0.5) is 0 Å². The van der Waals surface area contributed by atoms with Gasteiger partial charge >= 0.3 is 5.97 Å². The van der Waals surface area contributed by atoms with E-state index in [1.54, 1.807) is 6.20 Å². The zero-order valence-corrected chi connectivity index (χ0v) is 11.6. The largest absolute Gasteiger partial charge is 0.478 e. The van der Waals surface area contributed by atoms with Crippen molar-refractivity contribution in [1.29, 1.82) is 0 Å². The molecule has 0 saturated carbocycles. The molecule has 0 spiro atoms. The number of nitrogens with one attached hydrogen (secondary N) is 1. The molecule has 1 aromatic heterocycles. The highest BCUT2D eigenvalue weighted by Gasteiger charge is 2.16. The molecule has 0 bridgehead atoms. The van der Waals surface area contributed by atoms with Crippen molar-refractivity contribution in [2.45, 2.75) is 6.54 Å². The first-order valence-corrected chi connectivity index (χ1v) is 6.73. The molecule has 1 aromatic carbocycles. The molecule has 0 radical (unpaired) electrons. The lowest BCUT2D eigenvalue weighted by atomic mass is 10.2. The highest BCUT2D eigenvalue weighted by Crippen LogP contribution is 2.25. The van der Waals surface area contributed by atoms with E-state index in [9.17, 15) is 9.90 Å². The van der Waals surface area contributed by atoms with Gasteiger partial charge in [-0.15, -0.1) is 0 Å². The number of amidine groups is 1. The Labute approximate surface area is 118 Å². The number of benzene rings is 1. The molecule has 3 rings (SSSR count). The molecule has 2 N–H and O–H groups in total. The van der Waals surface area contributed by atoms with Crippen LogP contribution in [0.25, 0.3) is 10.9 Å². The summed E-state index contributed by atoms with van der Waals surface area (Å²) in [4.78, 5) is 15.6. The minimum Gasteiger partial charge on any atom is -0.478 e. The third kappa shape index (κ3) is 2.23. The fourth-order valence-electron chi connectivity index (χ4n) is 2.28. The van der Waals surface area contributed by atoms with E-state index in [-0.39, 0.29) is 0 Å². The van der Waals surface area contributed by atoms with E-state index in [0.29, 0.717) is 12.1 Å². The van der Waals surface area contributed by atoms with Gasteiger partial charge in [-0.05, 0) is 18.2 Å². The molecule has 5 nitrogen and oxygen atoms in total. The summed E-state index contributed by atoms with van der Waals surface area (Å²) in [5, 5.41) is 13.2. The van der Waals surface area contributed by atoms with Crippen molar-refractivity contribution >= 4 is 38.6 Å². The van der Waals surface area contributed by atoms with E-state index in [2.05, 4.69) is 26.2 Å². The van der Waals surface area contributed by atoms with Gasteiger partial charge in [0.25, 0.3) is 0 Å². The van der Waals surface area contributed by atoms with Gasteiger partial charge in [-0.3, -0.25) is 4.99 Å². The summed E-state index contributed by atoms with van der Waals surface area (Å²) >= 11 is 3.37. The van der Waals surface area contributed by atoms with Gasteiger partial charge in [0, 0.05) is 28.1 Å². The number of carbonyl (C=O) groups is 1. The Morgan fingerprint density at radius 3 is 3.05 bits per heavy atom. The van der Waals surface area contributed by atoms with E-state index < -0.39 is 5.97 Å². The van der Waals surface area contributed by atoms with Crippen LogP contribution in [0.15, 0.2) is 33.9 Å². The zero-order chi connectivity index (χ0) is 13.4. The van der Waals surface area contributed by atoms with Crippen LogP contribution in [0, 0.1) is 0 Å². The van der Waals surface area contributed by atoms with Crippen LogP contribution in [0.5, 0.6) is 0 Å². The van der Waals surface area contributed by atoms with Crippen molar-refractivity contribution in [3.8, 4) is 0 Å². The molecular formula is C13H12BrN3O2. The molecule has 0 fully saturated rings. The number of rotatable bonds is 3. The maximum Gasteiger partial charge on any atom is 0.337 e. The highest BCUT2D eigenvalue weighted by atomic mass is 79.9. The summed E-state index contributed by atoms with van der Waals surface area (Å²) in [5.74, 6) is -0.0140. The van der Waals surface area contributed by atoms with E-state index in [1.165, 1.54) is 0 Å². The Morgan fingerprint density at radius 2 is 2.37 bits per heavy atom. The minimum atomic E-state index is -0.914. The third-order valence-corrected chi connectivity index (χ3v) is 3.63. The Hall–Kier alpha value is -1.82. The van der Waals surface area contributed by atoms with Crippen molar-refractivity contribution in [3.05, 3.63) is 34.4 Å². The zero-order valence-electron chi connectivity index (χ0n) is 10.1. The molecule has 0 atom stereocenters. The summed E-state index contributed by atoms with van der Waals surface area (Å²) < 4.78 is 2.79. The predicted molar refractivity (Wildman–Crippen MR) is 76.9 cm³/mol. The van der Waals surface area contributed by atoms with Crippen LogP contribution >= 0.6 is 15.9 Å². The molecule has 0 unspecified atom stereocenters. The van der Waals surface area contributed by atoms with Crippen LogP contribution < -0.4 is 5.32 Å². The Balaban J connectivity index is 2.11. The lowest BCUT2D eigenvalue weighted by Crippen LogP contribution is -2.23. The quantitative estimate of drug-likeness (QED) is 0.909. The van der Waals surface area contributed by atoms with Crippen LogP contribution in [0.3, 0.4) is 0 Å². The van der Waals surface area contributed by atoms with Crippen molar-refractivity contribution in [1.82, 2.24) is 9.88 Å². The molecule has 0 saturated heterocycles. The van der Waals surface area contributed by atoms with Gasteiger partial charge in [-0.2, -0.15) is 0 Å². The van der Waals surface area contributed by atoms with Gasteiger partial charge in [0.1, 0.15) is 5.84 Å². The Morgan fingerprint density at radius 1 is 1.53 bits per heavy atom. The molecule has 1 aliphatic rings. The van der Waals surface area contributed by atoms with Crippen LogP contribution in [0.1, 0.15) is 10.4 Å². The number of nitrogens with zero attached hydrogens (tertiary/aromatic N) is 2. The smallest absolute Gasteiger partial charge is 0.337 e. The second-order valence-electron chi connectivity index (χ2n) is 4.39.